The average molecular weight is 456 g/mol. The van der Waals surface area contributed by atoms with Crippen LogP contribution >= 0.6 is 22.9 Å². The molecule has 0 aliphatic carbocycles. The maximum absolute atomic E-state index is 13.2. The van der Waals surface area contributed by atoms with Gasteiger partial charge in [0.2, 0.25) is 4.80 Å². The molecule has 4 rings (SSSR count). The number of hydrogen-bond donors (Lipinski definition) is 0. The number of hydrogen-bond acceptors (Lipinski definition) is 5. The van der Waals surface area contributed by atoms with E-state index >= 15 is 0 Å². The van der Waals surface area contributed by atoms with E-state index in [1.165, 1.54) is 23.5 Å². The number of halogens is 2. The molecule has 0 saturated carbocycles. The molecular formula is C22H19ClFN5OS. The highest BCUT2D eigenvalue weighted by atomic mass is 35.5. The zero-order chi connectivity index (χ0) is 22.0. The highest BCUT2D eigenvalue weighted by Gasteiger charge is 2.13. The molecule has 0 amide bonds. The van der Waals surface area contributed by atoms with Crippen LogP contribution in [0.4, 0.5) is 10.1 Å². The SMILES string of the molecule is COc1cccc(N=c2scc(C)n2N=Cc2c(C)nn(-c3ccc(F)cc3)c2Cl)c1. The Morgan fingerprint density at radius 3 is 2.68 bits per heavy atom. The van der Waals surface area contributed by atoms with Crippen LogP contribution in [0.3, 0.4) is 0 Å². The van der Waals surface area contributed by atoms with Gasteiger partial charge in [-0.15, -0.1) is 11.3 Å². The second-order valence-electron chi connectivity index (χ2n) is 6.71. The fraction of sp³-hybridized carbons (Fsp3) is 0.136. The molecule has 0 fully saturated rings. The van der Waals surface area contributed by atoms with Gasteiger partial charge in [-0.1, -0.05) is 17.7 Å². The van der Waals surface area contributed by atoms with Gasteiger partial charge in [-0.05, 0) is 50.2 Å². The third-order valence-corrected chi connectivity index (χ3v) is 5.85. The Bertz CT molecular complexity index is 1320. The minimum atomic E-state index is -0.317. The first kappa shape index (κ1) is 21.0. The van der Waals surface area contributed by atoms with Crippen molar-refractivity contribution in [3.05, 3.63) is 86.6 Å². The summed E-state index contributed by atoms with van der Waals surface area (Å²) in [5.41, 5.74) is 3.75. The van der Waals surface area contributed by atoms with Crippen molar-refractivity contribution in [1.29, 1.82) is 0 Å². The fourth-order valence-electron chi connectivity index (χ4n) is 2.92. The maximum atomic E-state index is 13.2. The van der Waals surface area contributed by atoms with Gasteiger partial charge in [-0.3, -0.25) is 0 Å². The van der Waals surface area contributed by atoms with E-state index in [1.807, 2.05) is 43.5 Å². The van der Waals surface area contributed by atoms with Crippen molar-refractivity contribution < 1.29 is 9.13 Å². The molecule has 6 nitrogen and oxygen atoms in total. The third kappa shape index (κ3) is 4.45. The molecule has 2 aromatic carbocycles. The van der Waals surface area contributed by atoms with Gasteiger partial charge in [0.05, 0.1) is 41.7 Å². The van der Waals surface area contributed by atoms with Gasteiger partial charge < -0.3 is 4.74 Å². The predicted molar refractivity (Wildman–Crippen MR) is 122 cm³/mol. The van der Waals surface area contributed by atoms with Crippen LogP contribution in [0.2, 0.25) is 5.15 Å². The molecule has 0 radical (unpaired) electrons. The van der Waals surface area contributed by atoms with Crippen LogP contribution in [0.25, 0.3) is 5.69 Å². The second-order valence-corrected chi connectivity index (χ2v) is 7.90. The smallest absolute Gasteiger partial charge is 0.211 e. The van der Waals surface area contributed by atoms with Gasteiger partial charge in [0, 0.05) is 11.4 Å². The van der Waals surface area contributed by atoms with E-state index in [9.17, 15) is 4.39 Å². The van der Waals surface area contributed by atoms with Crippen molar-refractivity contribution in [2.45, 2.75) is 13.8 Å². The maximum Gasteiger partial charge on any atom is 0.211 e. The summed E-state index contributed by atoms with van der Waals surface area (Å²) < 4.78 is 21.8. The van der Waals surface area contributed by atoms with E-state index in [1.54, 1.807) is 34.8 Å². The lowest BCUT2D eigenvalue weighted by molar-refractivity contribution is 0.415. The first-order valence-electron chi connectivity index (χ1n) is 9.37. The number of benzene rings is 2. The van der Waals surface area contributed by atoms with Gasteiger partial charge in [0.1, 0.15) is 16.7 Å². The summed E-state index contributed by atoms with van der Waals surface area (Å²) in [6.45, 7) is 3.80. The van der Waals surface area contributed by atoms with Crippen molar-refractivity contribution in [1.82, 2.24) is 14.5 Å². The zero-order valence-electron chi connectivity index (χ0n) is 17.1. The molecule has 0 aliphatic rings. The summed E-state index contributed by atoms with van der Waals surface area (Å²) >= 11 is 8.04. The van der Waals surface area contributed by atoms with Gasteiger partial charge in [-0.25, -0.2) is 18.7 Å². The molecule has 0 saturated heterocycles. The average Bonchev–Trinajstić information content (AvgIpc) is 3.25. The molecule has 0 N–H and O–H groups in total. The van der Waals surface area contributed by atoms with Crippen LogP contribution in [0, 0.1) is 19.7 Å². The topological polar surface area (TPSA) is 56.7 Å². The molecule has 9 heteroatoms. The minimum Gasteiger partial charge on any atom is -0.497 e. The number of nitrogens with zero attached hydrogens (tertiary/aromatic N) is 5. The summed E-state index contributed by atoms with van der Waals surface area (Å²) in [7, 11) is 1.62. The number of thiazole rings is 1. The number of rotatable bonds is 5. The lowest BCUT2D eigenvalue weighted by Gasteiger charge is -2.02. The Hall–Kier alpha value is -3.23. The van der Waals surface area contributed by atoms with E-state index in [2.05, 4.69) is 15.2 Å². The first-order valence-corrected chi connectivity index (χ1v) is 10.6. The Balaban J connectivity index is 1.71. The summed E-state index contributed by atoms with van der Waals surface area (Å²) in [4.78, 5) is 5.40. The van der Waals surface area contributed by atoms with E-state index < -0.39 is 0 Å². The van der Waals surface area contributed by atoms with Crippen LogP contribution in [0.5, 0.6) is 5.75 Å². The number of ether oxygens (including phenoxy) is 1. The van der Waals surface area contributed by atoms with Gasteiger partial charge in [-0.2, -0.15) is 10.2 Å². The van der Waals surface area contributed by atoms with Crippen molar-refractivity contribution in [2.75, 3.05) is 7.11 Å². The molecule has 0 aliphatic heterocycles. The van der Waals surface area contributed by atoms with E-state index in [-0.39, 0.29) is 5.82 Å². The largest absolute Gasteiger partial charge is 0.497 e. The molecule has 2 aromatic heterocycles. The molecule has 4 aromatic rings. The third-order valence-electron chi connectivity index (χ3n) is 4.55. The number of aryl methyl sites for hydroxylation is 2. The molecule has 0 bridgehead atoms. The van der Waals surface area contributed by atoms with Crippen LogP contribution in [0.15, 0.2) is 64.0 Å². The molecule has 0 unspecified atom stereocenters. The van der Waals surface area contributed by atoms with Crippen LogP contribution in [0.1, 0.15) is 17.0 Å². The Labute approximate surface area is 187 Å². The van der Waals surface area contributed by atoms with Crippen molar-refractivity contribution in [2.24, 2.45) is 10.1 Å². The Morgan fingerprint density at radius 1 is 1.16 bits per heavy atom. The monoisotopic (exact) mass is 455 g/mol. The Kier molecular flexibility index (Phi) is 6.01. The molecule has 0 atom stereocenters. The van der Waals surface area contributed by atoms with Crippen LogP contribution < -0.4 is 9.54 Å². The lowest BCUT2D eigenvalue weighted by atomic mass is 10.3. The Morgan fingerprint density at radius 2 is 1.94 bits per heavy atom. The summed E-state index contributed by atoms with van der Waals surface area (Å²) in [6.07, 6.45) is 1.66. The normalized spacial score (nSPS) is 12.1. The van der Waals surface area contributed by atoms with Crippen molar-refractivity contribution in [3.63, 3.8) is 0 Å². The standard InChI is InChI=1S/C22H19ClFN5OS/c1-14-13-31-22(26-17-5-4-6-19(11-17)30-3)28(14)25-12-20-15(2)27-29(21(20)23)18-9-7-16(24)8-10-18/h4-13H,1-3H3. The highest BCUT2D eigenvalue weighted by Crippen LogP contribution is 2.23. The number of aromatic nitrogens is 3. The zero-order valence-corrected chi connectivity index (χ0v) is 18.7. The second kappa shape index (κ2) is 8.87. The summed E-state index contributed by atoms with van der Waals surface area (Å²) in [6, 6.07) is 13.5. The van der Waals surface area contributed by atoms with Gasteiger partial charge in [0.25, 0.3) is 0 Å². The minimum absolute atomic E-state index is 0.317. The fourth-order valence-corrected chi connectivity index (χ4v) is 4.07. The lowest BCUT2D eigenvalue weighted by Crippen LogP contribution is -2.11. The molecule has 0 spiro atoms. The number of methoxy groups -OCH3 is 1. The molecule has 158 valence electrons. The van der Waals surface area contributed by atoms with Gasteiger partial charge >= 0.3 is 0 Å². The quantitative estimate of drug-likeness (QED) is 0.385. The molecule has 31 heavy (non-hydrogen) atoms. The van der Waals surface area contributed by atoms with Crippen molar-refractivity contribution >= 4 is 34.8 Å². The summed E-state index contributed by atoms with van der Waals surface area (Å²) in [5.74, 6) is 0.419. The highest BCUT2D eigenvalue weighted by molar-refractivity contribution is 7.07. The van der Waals surface area contributed by atoms with E-state index in [4.69, 9.17) is 16.3 Å². The summed E-state index contributed by atoms with van der Waals surface area (Å²) in [5, 5.41) is 11.4. The molecule has 2 heterocycles. The predicted octanol–water partition coefficient (Wildman–Crippen LogP) is 5.27. The molecular weight excluding hydrogens is 437 g/mol. The van der Waals surface area contributed by atoms with Crippen LogP contribution in [-0.2, 0) is 0 Å². The van der Waals surface area contributed by atoms with Gasteiger partial charge in [0.15, 0.2) is 0 Å². The first-order chi connectivity index (χ1) is 15.0. The van der Waals surface area contributed by atoms with Crippen molar-refractivity contribution in [3.8, 4) is 11.4 Å². The van der Waals surface area contributed by atoms with Crippen LogP contribution in [-0.4, -0.2) is 27.8 Å². The van der Waals surface area contributed by atoms with E-state index in [0.717, 1.165) is 17.1 Å². The van der Waals surface area contributed by atoms with E-state index in [0.29, 0.717) is 26.9 Å².